The van der Waals surface area contributed by atoms with Gasteiger partial charge in [0.25, 0.3) is 0 Å². The molecule has 3 heterocycles. The smallest absolute Gasteiger partial charge is 0.231 e. The molecule has 0 amide bonds. The van der Waals surface area contributed by atoms with E-state index in [9.17, 15) is 0 Å². The number of aromatic amines is 1. The first kappa shape index (κ1) is 12.4. The molecule has 1 aliphatic rings. The van der Waals surface area contributed by atoms with Gasteiger partial charge in [0.2, 0.25) is 6.79 Å². The predicted octanol–water partition coefficient (Wildman–Crippen LogP) is 3.63. The minimum Gasteiger partial charge on any atom is -0.454 e. The summed E-state index contributed by atoms with van der Waals surface area (Å²) in [5, 5.41) is 7.39. The van der Waals surface area contributed by atoms with Crippen molar-refractivity contribution in [2.75, 3.05) is 6.79 Å². The predicted molar refractivity (Wildman–Crippen MR) is 81.1 cm³/mol. The van der Waals surface area contributed by atoms with E-state index in [1.807, 2.05) is 30.3 Å². The maximum atomic E-state index is 5.39. The summed E-state index contributed by atoms with van der Waals surface area (Å²) in [6, 6.07) is 9.77. The molecular weight excluding hydrogens is 334 g/mol. The van der Waals surface area contributed by atoms with Gasteiger partial charge in [-0.1, -0.05) is 0 Å². The van der Waals surface area contributed by atoms with Gasteiger partial charge in [-0.05, 0) is 46.3 Å². The summed E-state index contributed by atoms with van der Waals surface area (Å²) in [5.41, 5.74) is 3.72. The number of fused-ring (bicyclic) bond motifs is 1. The highest BCUT2D eigenvalue weighted by Crippen LogP contribution is 2.36. The molecule has 3 aromatic rings. The van der Waals surface area contributed by atoms with E-state index in [2.05, 4.69) is 31.1 Å². The lowest BCUT2D eigenvalue weighted by Crippen LogP contribution is -1.92. The molecule has 0 atom stereocenters. The summed E-state index contributed by atoms with van der Waals surface area (Å²) >= 11 is 3.42. The Bertz CT molecular complexity index is 816. The average molecular weight is 344 g/mol. The van der Waals surface area contributed by atoms with Crippen molar-refractivity contribution in [3.8, 4) is 34.0 Å². The fraction of sp³-hybridized carbons (Fsp3) is 0.0667. The first-order valence-electron chi connectivity index (χ1n) is 6.36. The lowest BCUT2D eigenvalue weighted by atomic mass is 10.1. The van der Waals surface area contributed by atoms with Crippen LogP contribution in [0.25, 0.3) is 22.5 Å². The minimum absolute atomic E-state index is 0.272. The summed E-state index contributed by atoms with van der Waals surface area (Å²) in [4.78, 5) is 4.16. The first-order chi connectivity index (χ1) is 10.3. The van der Waals surface area contributed by atoms with Crippen molar-refractivity contribution in [1.82, 2.24) is 15.2 Å². The third kappa shape index (κ3) is 2.27. The largest absolute Gasteiger partial charge is 0.454 e. The van der Waals surface area contributed by atoms with Gasteiger partial charge in [0.15, 0.2) is 11.5 Å². The van der Waals surface area contributed by atoms with Crippen molar-refractivity contribution in [2.24, 2.45) is 0 Å². The molecular formula is C15H10BrN3O2. The van der Waals surface area contributed by atoms with E-state index in [1.165, 1.54) is 0 Å². The van der Waals surface area contributed by atoms with Crippen LogP contribution in [0.4, 0.5) is 0 Å². The first-order valence-corrected chi connectivity index (χ1v) is 7.15. The molecule has 0 fully saturated rings. The molecule has 104 valence electrons. The molecule has 21 heavy (non-hydrogen) atoms. The number of hydrogen-bond acceptors (Lipinski definition) is 4. The monoisotopic (exact) mass is 343 g/mol. The van der Waals surface area contributed by atoms with E-state index in [0.717, 1.165) is 38.5 Å². The highest BCUT2D eigenvalue weighted by atomic mass is 79.9. The fourth-order valence-corrected chi connectivity index (χ4v) is 2.60. The van der Waals surface area contributed by atoms with E-state index in [4.69, 9.17) is 9.47 Å². The van der Waals surface area contributed by atoms with E-state index >= 15 is 0 Å². The Balaban J connectivity index is 1.71. The Hall–Kier alpha value is -2.34. The molecule has 0 aliphatic carbocycles. The molecule has 0 saturated heterocycles. The highest BCUT2D eigenvalue weighted by Gasteiger charge is 2.15. The van der Waals surface area contributed by atoms with E-state index in [1.54, 1.807) is 12.4 Å². The standard InChI is InChI=1S/C15H10BrN3O2/c16-11-3-10(6-17-7-11)13-5-12(18-19-13)9-1-2-14-15(4-9)21-8-20-14/h1-7H,8H2,(H,18,19). The Morgan fingerprint density at radius 1 is 1.00 bits per heavy atom. The second kappa shape index (κ2) is 4.89. The summed E-state index contributed by atoms with van der Waals surface area (Å²) in [5.74, 6) is 1.52. The molecule has 0 unspecified atom stereocenters. The summed E-state index contributed by atoms with van der Waals surface area (Å²) in [6.45, 7) is 0.272. The molecule has 4 rings (SSSR count). The van der Waals surface area contributed by atoms with Crippen LogP contribution >= 0.6 is 15.9 Å². The SMILES string of the molecule is Brc1cncc(-c2cc(-c3ccc4c(c3)OCO4)n[nH]2)c1. The maximum Gasteiger partial charge on any atom is 0.231 e. The Morgan fingerprint density at radius 3 is 2.81 bits per heavy atom. The summed E-state index contributed by atoms with van der Waals surface area (Å²) in [7, 11) is 0. The third-order valence-corrected chi connectivity index (χ3v) is 3.70. The lowest BCUT2D eigenvalue weighted by Gasteiger charge is -1.99. The minimum atomic E-state index is 0.272. The van der Waals surface area contributed by atoms with E-state index < -0.39 is 0 Å². The van der Waals surface area contributed by atoms with Gasteiger partial charge in [0, 0.05) is 28.0 Å². The quantitative estimate of drug-likeness (QED) is 0.771. The topological polar surface area (TPSA) is 60.0 Å². The van der Waals surface area contributed by atoms with Crippen LogP contribution < -0.4 is 9.47 Å². The van der Waals surface area contributed by atoms with E-state index in [0.29, 0.717) is 0 Å². The van der Waals surface area contributed by atoms with Crippen molar-refractivity contribution in [3.05, 3.63) is 47.2 Å². The number of nitrogens with zero attached hydrogens (tertiary/aromatic N) is 2. The van der Waals surface area contributed by atoms with Crippen LogP contribution in [0.15, 0.2) is 47.2 Å². The summed E-state index contributed by atoms with van der Waals surface area (Å²) < 4.78 is 11.6. The van der Waals surface area contributed by atoms with Crippen LogP contribution in [-0.4, -0.2) is 22.0 Å². The number of halogens is 1. The summed E-state index contributed by atoms with van der Waals surface area (Å²) in [6.07, 6.45) is 3.54. The van der Waals surface area contributed by atoms with Gasteiger partial charge in [-0.25, -0.2) is 0 Å². The highest BCUT2D eigenvalue weighted by molar-refractivity contribution is 9.10. The molecule has 0 bridgehead atoms. The van der Waals surface area contributed by atoms with Gasteiger partial charge in [-0.15, -0.1) is 0 Å². The number of nitrogens with one attached hydrogen (secondary N) is 1. The fourth-order valence-electron chi connectivity index (χ4n) is 2.23. The molecule has 0 radical (unpaired) electrons. The lowest BCUT2D eigenvalue weighted by molar-refractivity contribution is 0.174. The van der Waals surface area contributed by atoms with Crippen LogP contribution in [0.1, 0.15) is 0 Å². The van der Waals surface area contributed by atoms with Crippen molar-refractivity contribution in [3.63, 3.8) is 0 Å². The van der Waals surface area contributed by atoms with Gasteiger partial charge in [-0.3, -0.25) is 10.1 Å². The number of rotatable bonds is 2. The second-order valence-corrected chi connectivity index (χ2v) is 5.54. The van der Waals surface area contributed by atoms with Gasteiger partial charge in [0.05, 0.1) is 11.4 Å². The number of benzene rings is 1. The molecule has 1 aliphatic heterocycles. The second-order valence-electron chi connectivity index (χ2n) is 4.63. The molecule has 2 aromatic heterocycles. The molecule has 0 spiro atoms. The molecule has 1 aromatic carbocycles. The van der Waals surface area contributed by atoms with Crippen molar-refractivity contribution >= 4 is 15.9 Å². The number of H-pyrrole nitrogens is 1. The third-order valence-electron chi connectivity index (χ3n) is 3.26. The van der Waals surface area contributed by atoms with Crippen LogP contribution in [0.3, 0.4) is 0 Å². The number of pyridine rings is 1. The Morgan fingerprint density at radius 2 is 1.90 bits per heavy atom. The zero-order valence-corrected chi connectivity index (χ0v) is 12.4. The van der Waals surface area contributed by atoms with Gasteiger partial charge >= 0.3 is 0 Å². The molecule has 5 nitrogen and oxygen atoms in total. The van der Waals surface area contributed by atoms with E-state index in [-0.39, 0.29) is 6.79 Å². The molecule has 1 N–H and O–H groups in total. The number of hydrogen-bond donors (Lipinski definition) is 1. The zero-order valence-electron chi connectivity index (χ0n) is 10.8. The van der Waals surface area contributed by atoms with Crippen molar-refractivity contribution < 1.29 is 9.47 Å². The van der Waals surface area contributed by atoms with Gasteiger partial charge < -0.3 is 9.47 Å². The zero-order chi connectivity index (χ0) is 14.2. The van der Waals surface area contributed by atoms with Crippen LogP contribution in [0, 0.1) is 0 Å². The number of ether oxygens (including phenoxy) is 2. The number of aromatic nitrogens is 3. The van der Waals surface area contributed by atoms with Gasteiger partial charge in [0.1, 0.15) is 0 Å². The van der Waals surface area contributed by atoms with Crippen LogP contribution in [0.5, 0.6) is 11.5 Å². The maximum absolute atomic E-state index is 5.39. The van der Waals surface area contributed by atoms with Crippen LogP contribution in [0.2, 0.25) is 0 Å². The Labute approximate surface area is 129 Å². The van der Waals surface area contributed by atoms with Crippen molar-refractivity contribution in [2.45, 2.75) is 0 Å². The Kier molecular flexibility index (Phi) is 2.89. The molecule has 6 heteroatoms. The average Bonchev–Trinajstić information content (AvgIpc) is 3.15. The van der Waals surface area contributed by atoms with Crippen molar-refractivity contribution in [1.29, 1.82) is 0 Å². The normalized spacial score (nSPS) is 12.6. The van der Waals surface area contributed by atoms with Gasteiger partial charge in [-0.2, -0.15) is 5.10 Å². The van der Waals surface area contributed by atoms with Crippen LogP contribution in [-0.2, 0) is 0 Å². The molecule has 0 saturated carbocycles.